The van der Waals surface area contributed by atoms with E-state index in [9.17, 15) is 14.9 Å². The van der Waals surface area contributed by atoms with E-state index in [1.165, 1.54) is 12.1 Å². The van der Waals surface area contributed by atoms with Crippen LogP contribution in [0.2, 0.25) is 0 Å². The monoisotopic (exact) mass is 323 g/mol. The number of benzene rings is 2. The van der Waals surface area contributed by atoms with Gasteiger partial charge in [0.05, 0.1) is 11.5 Å². The Morgan fingerprint density at radius 3 is 2.38 bits per heavy atom. The first-order chi connectivity index (χ1) is 11.6. The number of esters is 1. The zero-order valence-electron chi connectivity index (χ0n) is 12.8. The molecule has 0 amide bonds. The maximum absolute atomic E-state index is 12.0. The van der Waals surface area contributed by atoms with E-state index in [2.05, 4.69) is 10.2 Å². The van der Waals surface area contributed by atoms with Crippen molar-refractivity contribution in [1.29, 1.82) is 0 Å². The van der Waals surface area contributed by atoms with Crippen molar-refractivity contribution in [3.05, 3.63) is 64.3 Å². The summed E-state index contributed by atoms with van der Waals surface area (Å²) >= 11 is 0. The summed E-state index contributed by atoms with van der Waals surface area (Å²) in [6, 6.07) is 13.3. The molecule has 3 rings (SSSR count). The first-order valence-electron chi connectivity index (χ1n) is 7.29. The van der Waals surface area contributed by atoms with Crippen LogP contribution in [0.3, 0.4) is 0 Å². The molecule has 0 saturated carbocycles. The first kappa shape index (κ1) is 15.5. The van der Waals surface area contributed by atoms with Crippen LogP contribution in [0.5, 0.6) is 0 Å². The van der Waals surface area contributed by atoms with Crippen molar-refractivity contribution < 1.29 is 14.5 Å². The van der Waals surface area contributed by atoms with Gasteiger partial charge >= 0.3 is 5.97 Å². The number of rotatable bonds is 4. The predicted molar refractivity (Wildman–Crippen MR) is 87.6 cm³/mol. The van der Waals surface area contributed by atoms with Crippen LogP contribution < -0.4 is 0 Å². The van der Waals surface area contributed by atoms with E-state index >= 15 is 0 Å². The van der Waals surface area contributed by atoms with Gasteiger partial charge in [0.2, 0.25) is 0 Å². The van der Waals surface area contributed by atoms with Crippen LogP contribution in [0, 0.1) is 10.1 Å². The van der Waals surface area contributed by atoms with Crippen molar-refractivity contribution in [1.82, 2.24) is 10.2 Å². The fourth-order valence-electron chi connectivity index (χ4n) is 2.41. The summed E-state index contributed by atoms with van der Waals surface area (Å²) in [4.78, 5) is 22.3. The number of nitrogens with zero attached hydrogens (tertiary/aromatic N) is 3. The first-order valence-corrected chi connectivity index (χ1v) is 7.29. The molecule has 0 radical (unpaired) electrons. The van der Waals surface area contributed by atoms with Gasteiger partial charge in [-0.3, -0.25) is 10.1 Å². The van der Waals surface area contributed by atoms with Crippen LogP contribution in [0.15, 0.2) is 48.5 Å². The lowest BCUT2D eigenvalue weighted by molar-refractivity contribution is -0.384. The number of nitro benzene ring substituents is 1. The molecule has 0 atom stereocenters. The highest BCUT2D eigenvalue weighted by Crippen LogP contribution is 2.29. The van der Waals surface area contributed by atoms with E-state index in [0.717, 1.165) is 5.39 Å². The van der Waals surface area contributed by atoms with Crippen LogP contribution in [-0.4, -0.2) is 27.7 Å². The molecule has 0 fully saturated rings. The van der Waals surface area contributed by atoms with Gasteiger partial charge < -0.3 is 4.74 Å². The molecule has 120 valence electrons. The summed E-state index contributed by atoms with van der Waals surface area (Å²) < 4.78 is 5.01. The number of non-ortho nitro benzene ring substituents is 1. The maximum Gasteiger partial charge on any atom is 0.359 e. The number of nitro groups is 1. The molecular weight excluding hydrogens is 310 g/mol. The highest BCUT2D eigenvalue weighted by Gasteiger charge is 2.17. The highest BCUT2D eigenvalue weighted by atomic mass is 16.6. The van der Waals surface area contributed by atoms with Crippen molar-refractivity contribution in [2.24, 2.45) is 0 Å². The Kier molecular flexibility index (Phi) is 4.15. The molecule has 0 unspecified atom stereocenters. The Balaban J connectivity index is 2.14. The molecule has 2 aromatic carbocycles. The lowest BCUT2D eigenvalue weighted by atomic mass is 10.0. The van der Waals surface area contributed by atoms with Crippen molar-refractivity contribution in [3.8, 4) is 11.3 Å². The molecule has 3 aromatic rings. The zero-order chi connectivity index (χ0) is 17.1. The Hall–Kier alpha value is -3.35. The van der Waals surface area contributed by atoms with Crippen molar-refractivity contribution in [2.75, 3.05) is 6.61 Å². The predicted octanol–water partition coefficient (Wildman–Crippen LogP) is 3.38. The van der Waals surface area contributed by atoms with Gasteiger partial charge in [-0.05, 0) is 19.1 Å². The third-order valence-corrected chi connectivity index (χ3v) is 3.51. The fraction of sp³-hybridized carbons (Fsp3) is 0.118. The average molecular weight is 323 g/mol. The normalized spacial score (nSPS) is 10.5. The molecule has 24 heavy (non-hydrogen) atoms. The van der Waals surface area contributed by atoms with Crippen LogP contribution >= 0.6 is 0 Å². The van der Waals surface area contributed by atoms with E-state index in [1.54, 1.807) is 31.2 Å². The largest absolute Gasteiger partial charge is 0.461 e. The van der Waals surface area contributed by atoms with Gasteiger partial charge in [-0.1, -0.05) is 24.3 Å². The average Bonchev–Trinajstić information content (AvgIpc) is 2.61. The standard InChI is InChI=1S/C17H13N3O4/c1-2-24-17(21)16-14-6-4-3-5-13(14)15(18-19-16)11-7-9-12(10-8-11)20(22)23/h3-10H,2H2,1H3. The Morgan fingerprint density at radius 2 is 1.75 bits per heavy atom. The van der Waals surface area contributed by atoms with Crippen LogP contribution in [0.4, 0.5) is 5.69 Å². The van der Waals surface area contributed by atoms with E-state index in [1.807, 2.05) is 12.1 Å². The number of ether oxygens (including phenoxy) is 1. The Bertz CT molecular complexity index is 923. The molecular formula is C17H13N3O4. The Morgan fingerprint density at radius 1 is 1.08 bits per heavy atom. The van der Waals surface area contributed by atoms with Crippen LogP contribution in [-0.2, 0) is 4.74 Å². The maximum atomic E-state index is 12.0. The van der Waals surface area contributed by atoms with Gasteiger partial charge in [0.25, 0.3) is 5.69 Å². The highest BCUT2D eigenvalue weighted by molar-refractivity contribution is 6.06. The molecule has 7 heteroatoms. The summed E-state index contributed by atoms with van der Waals surface area (Å²) in [7, 11) is 0. The topological polar surface area (TPSA) is 95.2 Å². The van der Waals surface area contributed by atoms with Crippen molar-refractivity contribution in [3.63, 3.8) is 0 Å². The number of aromatic nitrogens is 2. The summed E-state index contributed by atoms with van der Waals surface area (Å²) in [5.74, 6) is -0.531. The molecule has 0 saturated heterocycles. The smallest absolute Gasteiger partial charge is 0.359 e. The lowest BCUT2D eigenvalue weighted by Gasteiger charge is -2.08. The quantitative estimate of drug-likeness (QED) is 0.415. The minimum Gasteiger partial charge on any atom is -0.461 e. The second-order valence-corrected chi connectivity index (χ2v) is 4.97. The molecule has 0 spiro atoms. The van der Waals surface area contributed by atoms with E-state index in [4.69, 9.17) is 4.74 Å². The third kappa shape index (κ3) is 2.79. The fourth-order valence-corrected chi connectivity index (χ4v) is 2.41. The van der Waals surface area contributed by atoms with E-state index in [0.29, 0.717) is 16.6 Å². The van der Waals surface area contributed by atoms with Crippen LogP contribution in [0.1, 0.15) is 17.4 Å². The Labute approximate surface area is 137 Å². The summed E-state index contributed by atoms with van der Waals surface area (Å²) in [6.07, 6.45) is 0. The van der Waals surface area contributed by atoms with Gasteiger partial charge in [0.1, 0.15) is 5.69 Å². The van der Waals surface area contributed by atoms with E-state index in [-0.39, 0.29) is 18.0 Å². The minimum atomic E-state index is -0.531. The summed E-state index contributed by atoms with van der Waals surface area (Å²) in [6.45, 7) is 1.97. The molecule has 0 aliphatic rings. The van der Waals surface area contributed by atoms with Gasteiger partial charge in [-0.15, -0.1) is 10.2 Å². The zero-order valence-corrected chi connectivity index (χ0v) is 12.8. The van der Waals surface area contributed by atoms with Gasteiger partial charge in [0.15, 0.2) is 5.69 Å². The van der Waals surface area contributed by atoms with Crippen molar-refractivity contribution in [2.45, 2.75) is 6.92 Å². The number of carbonyl (C=O) groups excluding carboxylic acids is 1. The second-order valence-electron chi connectivity index (χ2n) is 4.97. The molecule has 1 heterocycles. The molecule has 0 aliphatic carbocycles. The second kappa shape index (κ2) is 6.41. The van der Waals surface area contributed by atoms with Crippen molar-refractivity contribution >= 4 is 22.4 Å². The molecule has 0 bridgehead atoms. The molecule has 7 nitrogen and oxygen atoms in total. The van der Waals surface area contributed by atoms with E-state index < -0.39 is 10.9 Å². The van der Waals surface area contributed by atoms with Gasteiger partial charge in [-0.2, -0.15) is 0 Å². The number of hydrogen-bond donors (Lipinski definition) is 0. The third-order valence-electron chi connectivity index (χ3n) is 3.51. The summed E-state index contributed by atoms with van der Waals surface area (Å²) in [5, 5.41) is 20.3. The molecule has 1 aromatic heterocycles. The molecule has 0 aliphatic heterocycles. The SMILES string of the molecule is CCOC(=O)c1nnc(-c2ccc([N+](=O)[O-])cc2)c2ccccc12. The number of hydrogen-bond acceptors (Lipinski definition) is 6. The van der Waals surface area contributed by atoms with Crippen LogP contribution in [0.25, 0.3) is 22.0 Å². The molecule has 0 N–H and O–H groups in total. The minimum absolute atomic E-state index is 0.000779. The lowest BCUT2D eigenvalue weighted by Crippen LogP contribution is -2.09. The number of carbonyl (C=O) groups is 1. The number of fused-ring (bicyclic) bond motifs is 1. The van der Waals surface area contributed by atoms with Gasteiger partial charge in [0, 0.05) is 28.5 Å². The summed E-state index contributed by atoms with van der Waals surface area (Å²) in [5.41, 5.74) is 1.38. The van der Waals surface area contributed by atoms with Gasteiger partial charge in [-0.25, -0.2) is 4.79 Å².